The van der Waals surface area contributed by atoms with Crippen molar-refractivity contribution in [3.8, 4) is 0 Å². The summed E-state index contributed by atoms with van der Waals surface area (Å²) in [7, 11) is 0. The molecule has 1 aromatic heterocycles. The first-order chi connectivity index (χ1) is 9.38. The molecule has 1 atom stereocenters. The van der Waals surface area contributed by atoms with Crippen LogP contribution in [0, 0.1) is 0 Å². The second-order valence-electron chi connectivity index (χ2n) is 5.52. The van der Waals surface area contributed by atoms with Crippen LogP contribution in [0.25, 0.3) is 0 Å². The molecule has 1 unspecified atom stereocenters. The molecule has 3 heteroatoms. The van der Waals surface area contributed by atoms with E-state index < -0.39 is 0 Å². The Bertz CT molecular complexity index is 333. The summed E-state index contributed by atoms with van der Waals surface area (Å²) in [6.45, 7) is 6.99. The van der Waals surface area contributed by atoms with Crippen LogP contribution in [-0.2, 0) is 6.42 Å². The topological polar surface area (TPSA) is 28.2 Å². The minimum absolute atomic E-state index is 0.698. The maximum absolute atomic E-state index is 4.42. The average Bonchev–Trinajstić information content (AvgIpc) is 2.47. The minimum atomic E-state index is 0.698. The molecule has 0 spiro atoms. The van der Waals surface area contributed by atoms with Gasteiger partial charge in [-0.2, -0.15) is 0 Å². The Balaban J connectivity index is 1.78. The van der Waals surface area contributed by atoms with Crippen LogP contribution in [0.15, 0.2) is 24.4 Å². The predicted octanol–water partition coefficient (Wildman–Crippen LogP) is 2.48. The standard InChI is InChI=1S/C16H27N3/c1-2-12-19(14-16-8-4-6-11-18-16)13-9-15-7-3-5-10-17-15/h3,5,7,10,16,18H,2,4,6,8-9,11-14H2,1H3. The Morgan fingerprint density at radius 1 is 1.32 bits per heavy atom. The summed E-state index contributed by atoms with van der Waals surface area (Å²) in [4.78, 5) is 7.01. The van der Waals surface area contributed by atoms with Gasteiger partial charge in [0.15, 0.2) is 0 Å². The van der Waals surface area contributed by atoms with Gasteiger partial charge >= 0.3 is 0 Å². The minimum Gasteiger partial charge on any atom is -0.313 e. The lowest BCUT2D eigenvalue weighted by Gasteiger charge is -2.30. The van der Waals surface area contributed by atoms with Gasteiger partial charge < -0.3 is 10.2 Å². The van der Waals surface area contributed by atoms with E-state index in [9.17, 15) is 0 Å². The molecule has 0 aliphatic carbocycles. The van der Waals surface area contributed by atoms with Gasteiger partial charge in [-0.15, -0.1) is 0 Å². The van der Waals surface area contributed by atoms with E-state index in [0.29, 0.717) is 6.04 Å². The van der Waals surface area contributed by atoms with Crippen molar-refractivity contribution < 1.29 is 0 Å². The Morgan fingerprint density at radius 3 is 2.95 bits per heavy atom. The summed E-state index contributed by atoms with van der Waals surface area (Å²) < 4.78 is 0. The van der Waals surface area contributed by atoms with Gasteiger partial charge in [-0.05, 0) is 44.5 Å². The zero-order valence-electron chi connectivity index (χ0n) is 12.1. The van der Waals surface area contributed by atoms with Gasteiger partial charge in [-0.1, -0.05) is 19.4 Å². The number of hydrogen-bond donors (Lipinski definition) is 1. The second kappa shape index (κ2) is 8.28. The van der Waals surface area contributed by atoms with Crippen molar-refractivity contribution in [3.63, 3.8) is 0 Å². The van der Waals surface area contributed by atoms with Gasteiger partial charge in [0.1, 0.15) is 0 Å². The maximum atomic E-state index is 4.42. The van der Waals surface area contributed by atoms with Crippen molar-refractivity contribution in [3.05, 3.63) is 30.1 Å². The fraction of sp³-hybridized carbons (Fsp3) is 0.688. The Hall–Kier alpha value is -0.930. The summed E-state index contributed by atoms with van der Waals surface area (Å²) in [5.41, 5.74) is 1.21. The lowest BCUT2D eigenvalue weighted by molar-refractivity contribution is 0.226. The maximum Gasteiger partial charge on any atom is 0.0416 e. The van der Waals surface area contributed by atoms with Crippen LogP contribution >= 0.6 is 0 Å². The summed E-state index contributed by atoms with van der Waals surface area (Å²) in [5.74, 6) is 0. The normalized spacial score (nSPS) is 19.8. The number of hydrogen-bond acceptors (Lipinski definition) is 3. The Labute approximate surface area is 117 Å². The van der Waals surface area contributed by atoms with Crippen molar-refractivity contribution in [1.82, 2.24) is 15.2 Å². The number of aromatic nitrogens is 1. The third-order valence-electron chi connectivity index (χ3n) is 3.84. The molecule has 0 bridgehead atoms. The second-order valence-corrected chi connectivity index (χ2v) is 5.52. The van der Waals surface area contributed by atoms with Crippen molar-refractivity contribution in [2.45, 2.75) is 45.1 Å². The van der Waals surface area contributed by atoms with Gasteiger partial charge in [-0.3, -0.25) is 4.98 Å². The number of nitrogens with zero attached hydrogens (tertiary/aromatic N) is 2. The Morgan fingerprint density at radius 2 is 2.26 bits per heavy atom. The highest BCUT2D eigenvalue weighted by atomic mass is 15.1. The van der Waals surface area contributed by atoms with Crippen LogP contribution in [0.4, 0.5) is 0 Å². The quantitative estimate of drug-likeness (QED) is 0.817. The first-order valence-electron chi connectivity index (χ1n) is 7.74. The smallest absolute Gasteiger partial charge is 0.0416 e. The van der Waals surface area contributed by atoms with Crippen LogP contribution < -0.4 is 5.32 Å². The lowest BCUT2D eigenvalue weighted by atomic mass is 10.0. The van der Waals surface area contributed by atoms with Gasteiger partial charge in [0.2, 0.25) is 0 Å². The van der Waals surface area contributed by atoms with Crippen LogP contribution in [0.2, 0.25) is 0 Å². The zero-order chi connectivity index (χ0) is 13.3. The lowest BCUT2D eigenvalue weighted by Crippen LogP contribution is -2.44. The SMILES string of the molecule is CCCN(CCc1ccccn1)CC1CCCCN1. The molecule has 1 aliphatic rings. The molecule has 1 fully saturated rings. The molecule has 0 radical (unpaired) electrons. The van der Waals surface area contributed by atoms with Gasteiger partial charge in [0.25, 0.3) is 0 Å². The summed E-state index contributed by atoms with van der Waals surface area (Å²) in [6, 6.07) is 6.89. The van der Waals surface area contributed by atoms with Crippen molar-refractivity contribution in [1.29, 1.82) is 0 Å². The number of piperidine rings is 1. The third kappa shape index (κ3) is 5.29. The van der Waals surface area contributed by atoms with E-state index in [2.05, 4.69) is 34.3 Å². The molecule has 2 rings (SSSR count). The fourth-order valence-electron chi connectivity index (χ4n) is 2.82. The molecule has 1 saturated heterocycles. The molecule has 1 aliphatic heterocycles. The molecule has 106 valence electrons. The monoisotopic (exact) mass is 261 g/mol. The largest absolute Gasteiger partial charge is 0.313 e. The van der Waals surface area contributed by atoms with E-state index in [1.54, 1.807) is 0 Å². The van der Waals surface area contributed by atoms with E-state index in [4.69, 9.17) is 0 Å². The van der Waals surface area contributed by atoms with E-state index in [0.717, 1.165) is 13.0 Å². The number of rotatable bonds is 7. The van der Waals surface area contributed by atoms with Gasteiger partial charge in [0, 0.05) is 37.4 Å². The molecule has 19 heavy (non-hydrogen) atoms. The van der Waals surface area contributed by atoms with Gasteiger partial charge in [-0.25, -0.2) is 0 Å². The summed E-state index contributed by atoms with van der Waals surface area (Å²) in [6.07, 6.45) is 8.25. The van der Waals surface area contributed by atoms with Crippen molar-refractivity contribution >= 4 is 0 Å². The summed E-state index contributed by atoms with van der Waals surface area (Å²) in [5, 5.41) is 3.65. The van der Waals surface area contributed by atoms with Crippen LogP contribution in [-0.4, -0.2) is 42.1 Å². The average molecular weight is 261 g/mol. The third-order valence-corrected chi connectivity index (χ3v) is 3.84. The summed E-state index contributed by atoms with van der Waals surface area (Å²) >= 11 is 0. The highest BCUT2D eigenvalue weighted by Crippen LogP contribution is 2.09. The van der Waals surface area contributed by atoms with Crippen LogP contribution in [0.3, 0.4) is 0 Å². The van der Waals surface area contributed by atoms with E-state index >= 15 is 0 Å². The van der Waals surface area contributed by atoms with Crippen molar-refractivity contribution in [2.24, 2.45) is 0 Å². The molecular weight excluding hydrogens is 234 g/mol. The zero-order valence-corrected chi connectivity index (χ0v) is 12.1. The molecular formula is C16H27N3. The highest BCUT2D eigenvalue weighted by Gasteiger charge is 2.16. The highest BCUT2D eigenvalue weighted by molar-refractivity contribution is 5.03. The van der Waals surface area contributed by atoms with E-state index in [1.165, 1.54) is 51.0 Å². The fourth-order valence-corrected chi connectivity index (χ4v) is 2.82. The molecule has 0 saturated carbocycles. The van der Waals surface area contributed by atoms with Gasteiger partial charge in [0.05, 0.1) is 0 Å². The van der Waals surface area contributed by atoms with Crippen LogP contribution in [0.1, 0.15) is 38.3 Å². The molecule has 2 heterocycles. The van der Waals surface area contributed by atoms with Crippen molar-refractivity contribution in [2.75, 3.05) is 26.2 Å². The first kappa shape index (κ1) is 14.5. The van der Waals surface area contributed by atoms with E-state index in [-0.39, 0.29) is 0 Å². The molecule has 1 aromatic rings. The number of pyridine rings is 1. The molecule has 0 aromatic carbocycles. The molecule has 1 N–H and O–H groups in total. The molecule has 3 nitrogen and oxygen atoms in total. The first-order valence-corrected chi connectivity index (χ1v) is 7.74. The number of nitrogens with one attached hydrogen (secondary N) is 1. The Kier molecular flexibility index (Phi) is 6.31. The molecule has 0 amide bonds. The predicted molar refractivity (Wildman–Crippen MR) is 80.3 cm³/mol. The van der Waals surface area contributed by atoms with E-state index in [1.807, 2.05) is 12.3 Å². The van der Waals surface area contributed by atoms with Crippen LogP contribution in [0.5, 0.6) is 0 Å².